The van der Waals surface area contributed by atoms with Crippen LogP contribution in [0, 0.1) is 11.3 Å². The molecule has 0 atom stereocenters. The van der Waals surface area contributed by atoms with Crippen molar-refractivity contribution < 1.29 is 9.53 Å². The third kappa shape index (κ3) is 2.31. The number of rotatable bonds is 2. The van der Waals surface area contributed by atoms with Crippen LogP contribution in [0.15, 0.2) is 16.6 Å². The van der Waals surface area contributed by atoms with Crippen LogP contribution >= 0.6 is 27.5 Å². The molecule has 0 fully saturated rings. The van der Waals surface area contributed by atoms with Gasteiger partial charge in [0.05, 0.1) is 18.2 Å². The Morgan fingerprint density at radius 3 is 2.80 bits per heavy atom. The second-order valence-corrected chi connectivity index (χ2v) is 3.81. The summed E-state index contributed by atoms with van der Waals surface area (Å²) in [5.41, 5.74) is 1.09. The van der Waals surface area contributed by atoms with Gasteiger partial charge in [-0.2, -0.15) is 5.26 Å². The number of hydrogen-bond donors (Lipinski definition) is 0. The van der Waals surface area contributed by atoms with Crippen LogP contribution in [0.3, 0.4) is 0 Å². The summed E-state index contributed by atoms with van der Waals surface area (Å²) in [7, 11) is 1.27. The van der Waals surface area contributed by atoms with Gasteiger partial charge in [-0.05, 0) is 17.7 Å². The Labute approximate surface area is 101 Å². The van der Waals surface area contributed by atoms with E-state index in [2.05, 4.69) is 20.7 Å². The molecule has 3 nitrogen and oxygen atoms in total. The largest absolute Gasteiger partial charge is 0.465 e. The van der Waals surface area contributed by atoms with E-state index in [9.17, 15) is 4.79 Å². The lowest BCUT2D eigenvalue weighted by Crippen LogP contribution is -2.06. The molecule has 0 unspecified atom stereocenters. The van der Waals surface area contributed by atoms with Crippen LogP contribution in [-0.4, -0.2) is 13.1 Å². The number of benzene rings is 1. The van der Waals surface area contributed by atoms with E-state index in [1.807, 2.05) is 6.07 Å². The van der Waals surface area contributed by atoms with Crippen molar-refractivity contribution in [2.75, 3.05) is 7.11 Å². The third-order valence-corrected chi connectivity index (χ3v) is 2.92. The molecule has 0 aliphatic rings. The quantitative estimate of drug-likeness (QED) is 0.621. The molecular weight excluding hydrogens is 281 g/mol. The Balaban J connectivity index is 3.43. The molecule has 1 rings (SSSR count). The summed E-state index contributed by atoms with van der Waals surface area (Å²) < 4.78 is 5.28. The predicted molar refractivity (Wildman–Crippen MR) is 59.8 cm³/mol. The molecule has 15 heavy (non-hydrogen) atoms. The van der Waals surface area contributed by atoms with Gasteiger partial charge in [-0.3, -0.25) is 0 Å². The maximum atomic E-state index is 11.3. The van der Waals surface area contributed by atoms with Crippen molar-refractivity contribution in [3.05, 3.63) is 33.3 Å². The fraction of sp³-hybridized carbons (Fsp3) is 0.200. The number of halogens is 2. The summed E-state index contributed by atoms with van der Waals surface area (Å²) in [6.07, 6.45) is 0. The summed E-state index contributed by atoms with van der Waals surface area (Å²) in [6, 6.07) is 5.16. The van der Waals surface area contributed by atoms with Gasteiger partial charge in [-0.15, -0.1) is 11.6 Å². The first-order chi connectivity index (χ1) is 7.15. The minimum Gasteiger partial charge on any atom is -0.465 e. The smallest absolute Gasteiger partial charge is 0.339 e. The summed E-state index contributed by atoms with van der Waals surface area (Å²) >= 11 is 8.97. The Bertz CT molecular complexity index is 440. The molecule has 0 aliphatic carbocycles. The van der Waals surface area contributed by atoms with Crippen molar-refractivity contribution in [2.24, 2.45) is 0 Å². The van der Waals surface area contributed by atoms with Crippen LogP contribution in [0.1, 0.15) is 21.5 Å². The maximum Gasteiger partial charge on any atom is 0.339 e. The zero-order valence-electron chi connectivity index (χ0n) is 7.88. The molecule has 0 saturated heterocycles. The van der Waals surface area contributed by atoms with Crippen molar-refractivity contribution in [3.8, 4) is 6.07 Å². The van der Waals surface area contributed by atoms with E-state index in [4.69, 9.17) is 16.9 Å². The highest BCUT2D eigenvalue weighted by Crippen LogP contribution is 2.25. The summed E-state index contributed by atoms with van der Waals surface area (Å²) in [4.78, 5) is 11.3. The monoisotopic (exact) mass is 287 g/mol. The fourth-order valence-electron chi connectivity index (χ4n) is 1.16. The number of nitrogens with zero attached hydrogens (tertiary/aromatic N) is 1. The zero-order valence-corrected chi connectivity index (χ0v) is 10.2. The summed E-state index contributed by atoms with van der Waals surface area (Å²) in [5, 5.41) is 8.96. The van der Waals surface area contributed by atoms with Crippen LogP contribution in [0.5, 0.6) is 0 Å². The van der Waals surface area contributed by atoms with Gasteiger partial charge >= 0.3 is 5.97 Å². The number of carbonyl (C=O) groups excluding carboxylic acids is 1. The summed E-state index contributed by atoms with van der Waals surface area (Å²) in [6.45, 7) is 0. The topological polar surface area (TPSA) is 50.1 Å². The highest BCUT2D eigenvalue weighted by atomic mass is 79.9. The normalized spacial score (nSPS) is 9.47. The minimum absolute atomic E-state index is 0.161. The Kier molecular flexibility index (Phi) is 4.13. The van der Waals surface area contributed by atoms with Crippen molar-refractivity contribution in [2.45, 2.75) is 5.88 Å². The number of alkyl halides is 1. The van der Waals surface area contributed by atoms with E-state index in [1.54, 1.807) is 6.07 Å². The van der Waals surface area contributed by atoms with Crippen molar-refractivity contribution in [1.29, 1.82) is 5.26 Å². The van der Waals surface area contributed by atoms with Gasteiger partial charge in [0.1, 0.15) is 6.07 Å². The molecule has 0 bridgehead atoms. The van der Waals surface area contributed by atoms with E-state index in [0.717, 1.165) is 0 Å². The Hall–Kier alpha value is -1.05. The second kappa shape index (κ2) is 5.15. The van der Waals surface area contributed by atoms with E-state index < -0.39 is 5.97 Å². The highest BCUT2D eigenvalue weighted by molar-refractivity contribution is 9.10. The molecular formula is C10H7BrClNO2. The van der Waals surface area contributed by atoms with E-state index in [-0.39, 0.29) is 17.0 Å². The SMILES string of the molecule is COC(=O)c1ccc(Br)c(CCl)c1C#N. The maximum absolute atomic E-state index is 11.3. The lowest BCUT2D eigenvalue weighted by Gasteiger charge is -2.07. The van der Waals surface area contributed by atoms with Crippen molar-refractivity contribution in [3.63, 3.8) is 0 Å². The van der Waals surface area contributed by atoms with Crippen molar-refractivity contribution >= 4 is 33.5 Å². The van der Waals surface area contributed by atoms with Crippen LogP contribution in [0.2, 0.25) is 0 Å². The fourth-order valence-corrected chi connectivity index (χ4v) is 2.07. The Morgan fingerprint density at radius 1 is 1.67 bits per heavy atom. The number of carbonyl (C=O) groups is 1. The van der Waals surface area contributed by atoms with Gasteiger partial charge in [0, 0.05) is 10.4 Å². The first kappa shape index (κ1) is 12.0. The van der Waals surface area contributed by atoms with Crippen molar-refractivity contribution in [1.82, 2.24) is 0 Å². The molecule has 5 heteroatoms. The van der Waals surface area contributed by atoms with Crippen LogP contribution < -0.4 is 0 Å². The van der Waals surface area contributed by atoms with Crippen LogP contribution in [-0.2, 0) is 10.6 Å². The number of hydrogen-bond acceptors (Lipinski definition) is 3. The molecule has 0 aromatic heterocycles. The molecule has 0 aliphatic heterocycles. The molecule has 78 valence electrons. The van der Waals surface area contributed by atoms with Gasteiger partial charge in [-0.25, -0.2) is 4.79 Å². The van der Waals surface area contributed by atoms with Gasteiger partial charge in [-0.1, -0.05) is 15.9 Å². The van der Waals surface area contributed by atoms with E-state index in [0.29, 0.717) is 10.0 Å². The third-order valence-electron chi connectivity index (χ3n) is 1.91. The lowest BCUT2D eigenvalue weighted by atomic mass is 10.0. The lowest BCUT2D eigenvalue weighted by molar-refractivity contribution is 0.0600. The van der Waals surface area contributed by atoms with Crippen LogP contribution in [0.25, 0.3) is 0 Å². The predicted octanol–water partition coefficient (Wildman–Crippen LogP) is 2.85. The molecule has 0 heterocycles. The molecule has 1 aromatic rings. The highest BCUT2D eigenvalue weighted by Gasteiger charge is 2.16. The summed E-state index contributed by atoms with van der Waals surface area (Å²) in [5.74, 6) is -0.376. The van der Waals surface area contributed by atoms with Gasteiger partial charge in [0.2, 0.25) is 0 Å². The van der Waals surface area contributed by atoms with Gasteiger partial charge in [0.15, 0.2) is 0 Å². The second-order valence-electron chi connectivity index (χ2n) is 2.69. The molecule has 0 saturated carbocycles. The molecule has 0 radical (unpaired) electrons. The standard InChI is InChI=1S/C10H7BrClNO2/c1-15-10(14)6-2-3-9(11)7(4-12)8(6)5-13/h2-3H,4H2,1H3. The number of ether oxygens (including phenoxy) is 1. The van der Waals surface area contributed by atoms with E-state index in [1.165, 1.54) is 13.2 Å². The molecule has 1 aromatic carbocycles. The number of esters is 1. The molecule has 0 spiro atoms. The van der Waals surface area contributed by atoms with Gasteiger partial charge < -0.3 is 4.74 Å². The first-order valence-electron chi connectivity index (χ1n) is 4.01. The zero-order chi connectivity index (χ0) is 11.4. The average molecular weight is 289 g/mol. The Morgan fingerprint density at radius 2 is 2.33 bits per heavy atom. The molecule has 0 amide bonds. The average Bonchev–Trinajstić information content (AvgIpc) is 2.27. The minimum atomic E-state index is -0.537. The van der Waals surface area contributed by atoms with Gasteiger partial charge in [0.25, 0.3) is 0 Å². The molecule has 0 N–H and O–H groups in total. The number of nitriles is 1. The first-order valence-corrected chi connectivity index (χ1v) is 5.34. The van der Waals surface area contributed by atoms with E-state index >= 15 is 0 Å². The van der Waals surface area contributed by atoms with Crippen LogP contribution in [0.4, 0.5) is 0 Å². The number of methoxy groups -OCH3 is 1.